The van der Waals surface area contributed by atoms with Crippen molar-refractivity contribution in [2.45, 2.75) is 110 Å². The minimum atomic E-state index is -1.99. The topological polar surface area (TPSA) is 103 Å². The normalized spacial score (nSPS) is 22.9. The molecule has 0 aromatic carbocycles. The predicted octanol–water partition coefficient (Wildman–Crippen LogP) is 7.11. The van der Waals surface area contributed by atoms with Crippen LogP contribution in [0.2, 0.25) is 18.1 Å². The summed E-state index contributed by atoms with van der Waals surface area (Å²) >= 11 is 1.58. The number of nitrogens with one attached hydrogen (secondary N) is 1. The van der Waals surface area contributed by atoms with Gasteiger partial charge in [0.1, 0.15) is 5.60 Å². The molecular weight excluding hydrogens is 593 g/mol. The van der Waals surface area contributed by atoms with E-state index in [2.05, 4.69) is 57.9 Å². The van der Waals surface area contributed by atoms with E-state index >= 15 is 0 Å². The first-order chi connectivity index (χ1) is 20.5. The van der Waals surface area contributed by atoms with E-state index in [-0.39, 0.29) is 29.2 Å². The van der Waals surface area contributed by atoms with E-state index < -0.39 is 13.9 Å². The Bertz CT molecular complexity index is 1490. The number of rotatable bonds is 7. The molecule has 1 unspecified atom stereocenters. The van der Waals surface area contributed by atoms with Crippen molar-refractivity contribution < 1.29 is 18.7 Å². The fourth-order valence-corrected chi connectivity index (χ4v) is 8.36. The first-order valence-corrected chi connectivity index (χ1v) is 19.5. The number of fused-ring (bicyclic) bond motifs is 2. The van der Waals surface area contributed by atoms with Crippen molar-refractivity contribution in [3.63, 3.8) is 0 Å². The molecule has 1 saturated heterocycles. The Morgan fingerprint density at radius 2 is 1.84 bits per heavy atom. The van der Waals surface area contributed by atoms with E-state index in [1.165, 1.54) is 0 Å². The lowest BCUT2D eigenvalue weighted by molar-refractivity contribution is 0.0350. The van der Waals surface area contributed by atoms with Crippen LogP contribution in [0.1, 0.15) is 79.8 Å². The molecule has 12 heteroatoms. The number of hydrogen-bond acceptors (Lipinski definition) is 9. The van der Waals surface area contributed by atoms with Crippen molar-refractivity contribution >= 4 is 35.8 Å². The molecule has 1 aliphatic carbocycles. The van der Waals surface area contributed by atoms with E-state index in [0.717, 1.165) is 53.0 Å². The predicted molar refractivity (Wildman–Crippen MR) is 178 cm³/mol. The number of imidazole rings is 1. The zero-order chi connectivity index (χ0) is 32.2. The molecule has 5 rings (SSSR count). The van der Waals surface area contributed by atoms with E-state index in [9.17, 15) is 4.79 Å². The lowest BCUT2D eigenvalue weighted by atomic mass is 9.76. The number of aromatic nitrogens is 4. The summed E-state index contributed by atoms with van der Waals surface area (Å²) in [5.41, 5.74) is 2.14. The van der Waals surface area contributed by atoms with Crippen LogP contribution in [0.3, 0.4) is 0 Å². The van der Waals surface area contributed by atoms with E-state index in [0.29, 0.717) is 17.7 Å². The summed E-state index contributed by atoms with van der Waals surface area (Å²) in [6.45, 7) is 23.0. The second-order valence-corrected chi connectivity index (χ2v) is 20.9. The molecular formula is C32H50N6O4SSi. The van der Waals surface area contributed by atoms with Crippen LogP contribution in [0.5, 0.6) is 5.88 Å². The highest BCUT2D eigenvalue weighted by Gasteiger charge is 2.48. The number of carbonyl (C=O) groups is 1. The molecule has 4 heterocycles. The van der Waals surface area contributed by atoms with Gasteiger partial charge in [0, 0.05) is 36.8 Å². The van der Waals surface area contributed by atoms with Crippen molar-refractivity contribution in [1.82, 2.24) is 24.9 Å². The van der Waals surface area contributed by atoms with Gasteiger partial charge in [0.25, 0.3) is 0 Å². The van der Waals surface area contributed by atoms with Gasteiger partial charge in [-0.25, -0.2) is 19.3 Å². The Hall–Kier alpha value is -2.70. The van der Waals surface area contributed by atoms with Crippen LogP contribution < -0.4 is 15.0 Å². The maximum Gasteiger partial charge on any atom is 0.407 e. The van der Waals surface area contributed by atoms with Gasteiger partial charge in [0.05, 0.1) is 24.6 Å². The van der Waals surface area contributed by atoms with Gasteiger partial charge in [-0.3, -0.25) is 0 Å². The first kappa shape index (κ1) is 32.7. The molecule has 1 N–H and O–H groups in total. The number of methoxy groups -OCH3 is 1. The number of pyridine rings is 1. The highest BCUT2D eigenvalue weighted by Crippen LogP contribution is 2.44. The molecule has 2 fully saturated rings. The summed E-state index contributed by atoms with van der Waals surface area (Å²) in [5, 5.41) is 9.32. The monoisotopic (exact) mass is 642 g/mol. The summed E-state index contributed by atoms with van der Waals surface area (Å²) < 4.78 is 20.2. The van der Waals surface area contributed by atoms with E-state index in [1.807, 2.05) is 43.6 Å². The Labute approximate surface area is 267 Å². The molecule has 4 atom stereocenters. The van der Waals surface area contributed by atoms with Gasteiger partial charge in [-0.05, 0) is 75.7 Å². The number of amides is 1. The zero-order valence-corrected chi connectivity index (χ0v) is 30.0. The maximum absolute atomic E-state index is 13.0. The summed E-state index contributed by atoms with van der Waals surface area (Å²) in [7, 11) is -0.340. The molecule has 10 nitrogen and oxygen atoms in total. The maximum atomic E-state index is 13.0. The number of ether oxygens (including phenoxy) is 2. The molecule has 1 amide bonds. The fourth-order valence-electron chi connectivity index (χ4n) is 6.09. The molecule has 242 valence electrons. The lowest BCUT2D eigenvalue weighted by Gasteiger charge is -2.44. The van der Waals surface area contributed by atoms with Crippen LogP contribution in [0.15, 0.2) is 18.3 Å². The summed E-state index contributed by atoms with van der Waals surface area (Å²) in [6, 6.07) is 4.04. The van der Waals surface area contributed by atoms with E-state index in [4.69, 9.17) is 29.0 Å². The lowest BCUT2D eigenvalue weighted by Crippen LogP contribution is -2.53. The number of carbonyl (C=O) groups excluding carboxylic acids is 1. The fraction of sp³-hybridized carbons (Fsp3) is 0.688. The number of hydrogen-bond donors (Lipinski definition) is 1. The second-order valence-electron chi connectivity index (χ2n) is 15.2. The third kappa shape index (κ3) is 6.77. The van der Waals surface area contributed by atoms with Gasteiger partial charge in [-0.15, -0.1) is 5.10 Å². The highest BCUT2D eigenvalue weighted by molar-refractivity contribution is 7.20. The molecule has 2 aliphatic rings. The van der Waals surface area contributed by atoms with Gasteiger partial charge in [0.15, 0.2) is 8.32 Å². The van der Waals surface area contributed by atoms with Crippen molar-refractivity contribution in [2.24, 2.45) is 11.8 Å². The molecule has 44 heavy (non-hydrogen) atoms. The van der Waals surface area contributed by atoms with Gasteiger partial charge in [-0.1, -0.05) is 46.0 Å². The average Bonchev–Trinajstić information content (AvgIpc) is 3.60. The zero-order valence-electron chi connectivity index (χ0n) is 28.2. The molecule has 3 aromatic heterocycles. The Morgan fingerprint density at radius 3 is 2.48 bits per heavy atom. The Morgan fingerprint density at radius 1 is 1.11 bits per heavy atom. The van der Waals surface area contributed by atoms with E-state index in [1.54, 1.807) is 18.4 Å². The van der Waals surface area contributed by atoms with Gasteiger partial charge >= 0.3 is 6.09 Å². The van der Waals surface area contributed by atoms with Gasteiger partial charge in [-0.2, -0.15) is 0 Å². The van der Waals surface area contributed by atoms with Crippen molar-refractivity contribution in [2.75, 3.05) is 25.1 Å². The highest BCUT2D eigenvalue weighted by atomic mass is 32.1. The summed E-state index contributed by atoms with van der Waals surface area (Å²) in [5.74, 6) is 1.50. The molecule has 3 aromatic rings. The molecule has 0 radical (unpaired) electrons. The first-order valence-electron chi connectivity index (χ1n) is 15.8. The summed E-state index contributed by atoms with van der Waals surface area (Å²) in [6.07, 6.45) is 3.32. The second kappa shape index (κ2) is 11.9. The molecule has 1 aliphatic heterocycles. The number of alkyl carbamates (subject to hydrolysis) is 1. The summed E-state index contributed by atoms with van der Waals surface area (Å²) in [4.78, 5) is 25.6. The van der Waals surface area contributed by atoms with Crippen molar-refractivity contribution in [1.29, 1.82) is 0 Å². The average molecular weight is 643 g/mol. The minimum Gasteiger partial charge on any atom is -0.480 e. The smallest absolute Gasteiger partial charge is 0.407 e. The molecule has 1 saturated carbocycles. The van der Waals surface area contributed by atoms with Crippen molar-refractivity contribution in [3.05, 3.63) is 24.0 Å². The van der Waals surface area contributed by atoms with Crippen LogP contribution >= 0.6 is 11.3 Å². The number of nitrogens with zero attached hydrogens (tertiary/aromatic N) is 5. The number of anilines is 1. The van der Waals surface area contributed by atoms with Crippen LogP contribution in [0.4, 0.5) is 9.93 Å². The van der Waals surface area contributed by atoms with Crippen molar-refractivity contribution in [3.8, 4) is 17.1 Å². The molecule has 0 spiro atoms. The van der Waals surface area contributed by atoms with Gasteiger partial charge < -0.3 is 24.1 Å². The standard InChI is InChI=1S/C32H50N6O4SSi/c1-19(2)24-13-12-22(27(34-24)40-9)26-16-33-28-38(26)36-29(43-28)37-17-20-14-21(42-44(10,11)32(6,7)8)15-25(23(20)18-37)35-30(39)41-31(3,4)5/h12-13,16,19-21,23,25H,14-15,17-18H2,1-11H3,(H,35,39)/t20-,21?,23+,25-/m1/s1. The van der Waals surface area contributed by atoms with Crippen LogP contribution in [0, 0.1) is 11.8 Å². The van der Waals surface area contributed by atoms with Crippen LogP contribution in [-0.4, -0.2) is 71.9 Å². The Kier molecular flexibility index (Phi) is 8.84. The van der Waals surface area contributed by atoms with Crippen LogP contribution in [0.25, 0.3) is 16.2 Å². The molecule has 0 bridgehead atoms. The quantitative estimate of drug-likeness (QED) is 0.272. The SMILES string of the molecule is COc1nc(C(C)C)ccc1-c1cnc2sc(N3C[C@H]4CC(O[Si](C)(C)C(C)(C)C)C[C@@H](NC(=O)OC(C)(C)C)[C@H]4C3)nn12. The minimum absolute atomic E-state index is 0.0437. The van der Waals surface area contributed by atoms with Gasteiger partial charge in [0.2, 0.25) is 16.0 Å². The largest absolute Gasteiger partial charge is 0.480 e. The third-order valence-corrected chi connectivity index (χ3v) is 14.9. The Balaban J connectivity index is 1.40. The van der Waals surface area contributed by atoms with Crippen LogP contribution in [-0.2, 0) is 9.16 Å². The third-order valence-electron chi connectivity index (χ3n) is 9.35.